The summed E-state index contributed by atoms with van der Waals surface area (Å²) in [6, 6.07) is 3.11. The fourth-order valence-electron chi connectivity index (χ4n) is 1.11. The van der Waals surface area contributed by atoms with Gasteiger partial charge in [0.1, 0.15) is 5.75 Å². The maximum atomic E-state index is 10.6. The van der Waals surface area contributed by atoms with E-state index in [9.17, 15) is 10.1 Å². The molecule has 0 N–H and O–H groups in total. The quantitative estimate of drug-likeness (QED) is 0.447. The topological polar surface area (TPSA) is 65.3 Å². The van der Waals surface area contributed by atoms with Crippen LogP contribution in [-0.2, 0) is 0 Å². The first kappa shape index (κ1) is 10.2. The number of ether oxygens (including phenoxy) is 1. The number of rotatable bonds is 4. The molecule has 15 heavy (non-hydrogen) atoms. The summed E-state index contributed by atoms with van der Waals surface area (Å²) in [5.41, 5.74) is 0. The molecule has 1 aromatic rings. The first-order valence-electron chi connectivity index (χ1n) is 4.56. The van der Waals surface area contributed by atoms with Gasteiger partial charge >= 0.3 is 5.82 Å². The molecule has 1 aromatic heterocycles. The van der Waals surface area contributed by atoms with Crippen molar-refractivity contribution in [3.8, 4) is 5.75 Å². The Kier molecular flexibility index (Phi) is 2.77. The van der Waals surface area contributed by atoms with Crippen LogP contribution in [0.4, 0.5) is 5.82 Å². The smallest absolute Gasteiger partial charge is 0.368 e. The van der Waals surface area contributed by atoms with Crippen molar-refractivity contribution in [2.75, 3.05) is 6.26 Å². The lowest BCUT2D eigenvalue weighted by Crippen LogP contribution is -1.99. The van der Waals surface area contributed by atoms with Crippen LogP contribution in [0.25, 0.3) is 0 Å². The summed E-state index contributed by atoms with van der Waals surface area (Å²) in [4.78, 5) is 14.0. The fraction of sp³-hybridized carbons (Fsp3) is 0.444. The van der Waals surface area contributed by atoms with Crippen LogP contribution < -0.4 is 4.74 Å². The molecule has 0 spiro atoms. The van der Waals surface area contributed by atoms with Gasteiger partial charge in [0.25, 0.3) is 0 Å². The Morgan fingerprint density at radius 3 is 2.87 bits per heavy atom. The average Bonchev–Trinajstić information content (AvgIpc) is 3.01. The molecule has 80 valence electrons. The third-order valence-electron chi connectivity index (χ3n) is 1.99. The maximum absolute atomic E-state index is 10.6. The minimum atomic E-state index is -0.501. The van der Waals surface area contributed by atoms with Gasteiger partial charge < -0.3 is 14.9 Å². The van der Waals surface area contributed by atoms with Crippen molar-refractivity contribution in [2.45, 2.75) is 24.0 Å². The van der Waals surface area contributed by atoms with E-state index in [-0.39, 0.29) is 11.9 Å². The van der Waals surface area contributed by atoms with Crippen LogP contribution in [0.1, 0.15) is 12.8 Å². The number of nitrogens with zero attached hydrogens (tertiary/aromatic N) is 2. The van der Waals surface area contributed by atoms with Crippen molar-refractivity contribution in [3.63, 3.8) is 0 Å². The van der Waals surface area contributed by atoms with Gasteiger partial charge in [0.15, 0.2) is 0 Å². The molecule has 0 unspecified atom stereocenters. The molecule has 2 rings (SSSR count). The second kappa shape index (κ2) is 4.06. The summed E-state index contributed by atoms with van der Waals surface area (Å²) in [7, 11) is 0. The maximum Gasteiger partial charge on any atom is 0.368 e. The van der Waals surface area contributed by atoms with E-state index in [1.54, 1.807) is 6.07 Å². The van der Waals surface area contributed by atoms with E-state index >= 15 is 0 Å². The van der Waals surface area contributed by atoms with Gasteiger partial charge in [0.05, 0.1) is 12.2 Å². The molecule has 1 heterocycles. The highest BCUT2D eigenvalue weighted by molar-refractivity contribution is 7.98. The highest BCUT2D eigenvalue weighted by atomic mass is 32.2. The van der Waals surface area contributed by atoms with E-state index < -0.39 is 4.92 Å². The second-order valence-electron chi connectivity index (χ2n) is 3.28. The van der Waals surface area contributed by atoms with Crippen LogP contribution in [0.5, 0.6) is 5.75 Å². The van der Waals surface area contributed by atoms with E-state index in [2.05, 4.69) is 4.98 Å². The van der Waals surface area contributed by atoms with Gasteiger partial charge in [0.2, 0.25) is 5.03 Å². The monoisotopic (exact) mass is 226 g/mol. The van der Waals surface area contributed by atoms with Crippen molar-refractivity contribution < 1.29 is 9.66 Å². The minimum Gasteiger partial charge on any atom is -0.490 e. The van der Waals surface area contributed by atoms with Crippen LogP contribution in [0, 0.1) is 10.1 Å². The van der Waals surface area contributed by atoms with Crippen LogP contribution in [0.2, 0.25) is 0 Å². The summed E-state index contributed by atoms with van der Waals surface area (Å²) in [6.07, 6.45) is 4.13. The van der Waals surface area contributed by atoms with E-state index in [1.165, 1.54) is 17.8 Å². The molecule has 0 atom stereocenters. The summed E-state index contributed by atoms with van der Waals surface area (Å²) in [5.74, 6) is 0.390. The standard InChI is InChI=1S/C9H10N2O3S/c1-15-9-5-7(14-6-2-3-6)4-8(10-9)11(12)13/h4-6H,2-3H2,1H3. The van der Waals surface area contributed by atoms with E-state index in [4.69, 9.17) is 4.74 Å². The predicted molar refractivity (Wildman–Crippen MR) is 56.3 cm³/mol. The van der Waals surface area contributed by atoms with E-state index in [1.807, 2.05) is 6.26 Å². The van der Waals surface area contributed by atoms with Gasteiger partial charge in [-0.3, -0.25) is 0 Å². The van der Waals surface area contributed by atoms with Crippen LogP contribution in [0.15, 0.2) is 17.2 Å². The molecule has 0 amide bonds. The molecule has 0 radical (unpaired) electrons. The number of thioether (sulfide) groups is 1. The predicted octanol–water partition coefficient (Wildman–Crippen LogP) is 2.25. The van der Waals surface area contributed by atoms with Crippen molar-refractivity contribution in [1.29, 1.82) is 0 Å². The zero-order chi connectivity index (χ0) is 10.8. The Balaban J connectivity index is 2.27. The minimum absolute atomic E-state index is 0.155. The highest BCUT2D eigenvalue weighted by Gasteiger charge is 2.25. The molecule has 0 aromatic carbocycles. The number of pyridine rings is 1. The number of nitro groups is 1. The number of hydrogen-bond acceptors (Lipinski definition) is 5. The summed E-state index contributed by atoms with van der Waals surface area (Å²) < 4.78 is 5.50. The zero-order valence-corrected chi connectivity index (χ0v) is 8.99. The van der Waals surface area contributed by atoms with Crippen molar-refractivity contribution in [3.05, 3.63) is 22.2 Å². The molecule has 1 fully saturated rings. The van der Waals surface area contributed by atoms with E-state index in [0.717, 1.165) is 12.8 Å². The highest BCUT2D eigenvalue weighted by Crippen LogP contribution is 2.30. The SMILES string of the molecule is CSc1cc(OC2CC2)cc([N+](=O)[O-])n1. The van der Waals surface area contributed by atoms with Gasteiger partial charge in [-0.15, -0.1) is 0 Å². The molecule has 0 bridgehead atoms. The first-order valence-corrected chi connectivity index (χ1v) is 5.78. The van der Waals surface area contributed by atoms with Gasteiger partial charge in [-0.25, -0.2) is 0 Å². The lowest BCUT2D eigenvalue weighted by molar-refractivity contribution is -0.390. The third kappa shape index (κ3) is 2.59. The van der Waals surface area contributed by atoms with Crippen molar-refractivity contribution >= 4 is 17.6 Å². The van der Waals surface area contributed by atoms with Gasteiger partial charge in [0, 0.05) is 6.07 Å². The van der Waals surface area contributed by atoms with E-state index in [0.29, 0.717) is 10.8 Å². The molecular weight excluding hydrogens is 216 g/mol. The van der Waals surface area contributed by atoms with Crippen molar-refractivity contribution in [2.24, 2.45) is 0 Å². The van der Waals surface area contributed by atoms with Gasteiger partial charge in [-0.2, -0.15) is 0 Å². The Morgan fingerprint density at radius 1 is 1.60 bits per heavy atom. The molecular formula is C9H10N2O3S. The average molecular weight is 226 g/mol. The molecule has 1 aliphatic carbocycles. The molecule has 6 heteroatoms. The largest absolute Gasteiger partial charge is 0.490 e. The Labute approximate surface area is 91.0 Å². The molecule has 0 aliphatic heterocycles. The molecule has 5 nitrogen and oxygen atoms in total. The lowest BCUT2D eigenvalue weighted by Gasteiger charge is -2.03. The zero-order valence-electron chi connectivity index (χ0n) is 8.17. The summed E-state index contributed by atoms with van der Waals surface area (Å²) in [6.45, 7) is 0. The van der Waals surface area contributed by atoms with Gasteiger partial charge in [-0.1, -0.05) is 11.8 Å². The number of aromatic nitrogens is 1. The van der Waals surface area contributed by atoms with Crippen LogP contribution in [-0.4, -0.2) is 22.3 Å². The normalized spacial score (nSPS) is 15.0. The van der Waals surface area contributed by atoms with Crippen LogP contribution >= 0.6 is 11.8 Å². The molecule has 1 saturated carbocycles. The van der Waals surface area contributed by atoms with Crippen molar-refractivity contribution in [1.82, 2.24) is 4.98 Å². The lowest BCUT2D eigenvalue weighted by atomic mass is 10.4. The Morgan fingerprint density at radius 2 is 2.33 bits per heavy atom. The molecule has 1 aliphatic rings. The van der Waals surface area contributed by atoms with Crippen LogP contribution in [0.3, 0.4) is 0 Å². The fourth-order valence-corrected chi connectivity index (χ4v) is 1.53. The summed E-state index contributed by atoms with van der Waals surface area (Å²) in [5, 5.41) is 11.2. The summed E-state index contributed by atoms with van der Waals surface area (Å²) >= 11 is 1.37. The van der Waals surface area contributed by atoms with Gasteiger partial charge in [-0.05, 0) is 29.0 Å². The Hall–Kier alpha value is -1.30. The first-order chi connectivity index (χ1) is 7.19. The Bertz CT molecular complexity index is 393. The molecule has 0 saturated heterocycles. The third-order valence-corrected chi connectivity index (χ3v) is 2.61. The number of hydrogen-bond donors (Lipinski definition) is 0. The second-order valence-corrected chi connectivity index (χ2v) is 4.10.